The highest BCUT2D eigenvalue weighted by Gasteiger charge is 2.13. The molecule has 0 unspecified atom stereocenters. The van der Waals surface area contributed by atoms with Crippen molar-refractivity contribution in [2.45, 2.75) is 13.5 Å². The Hall–Kier alpha value is -3.80. The molecule has 1 heterocycles. The van der Waals surface area contributed by atoms with Crippen molar-refractivity contribution in [3.8, 4) is 11.5 Å². The van der Waals surface area contributed by atoms with Gasteiger partial charge in [0.1, 0.15) is 0 Å². The molecule has 31 heavy (non-hydrogen) atoms. The molecule has 3 aromatic rings. The molecule has 1 aromatic heterocycles. The van der Waals surface area contributed by atoms with Gasteiger partial charge in [-0.15, -0.1) is 0 Å². The maximum atomic E-state index is 12.9. The number of rotatable bonds is 9. The summed E-state index contributed by atoms with van der Waals surface area (Å²) in [6.07, 6.45) is 5.71. The van der Waals surface area contributed by atoms with E-state index in [1.54, 1.807) is 13.2 Å². The summed E-state index contributed by atoms with van der Waals surface area (Å²) in [6, 6.07) is 16.7. The van der Waals surface area contributed by atoms with Gasteiger partial charge in [-0.2, -0.15) is 0 Å². The molecule has 0 aliphatic carbocycles. The molecular formula is C25H25NO5. The quantitative estimate of drug-likeness (QED) is 0.382. The molecule has 2 aromatic carbocycles. The molecule has 3 rings (SSSR count). The minimum Gasteiger partial charge on any atom is -0.492 e. The average molecular weight is 419 g/mol. The van der Waals surface area contributed by atoms with E-state index in [9.17, 15) is 9.59 Å². The number of aromatic nitrogens is 1. The number of ketones is 1. The van der Waals surface area contributed by atoms with Crippen LogP contribution in [0.3, 0.4) is 0 Å². The van der Waals surface area contributed by atoms with Crippen molar-refractivity contribution in [2.24, 2.45) is 0 Å². The maximum Gasteiger partial charge on any atom is 0.343 e. The van der Waals surface area contributed by atoms with Gasteiger partial charge in [0.15, 0.2) is 18.1 Å². The van der Waals surface area contributed by atoms with Crippen LogP contribution >= 0.6 is 0 Å². The lowest BCUT2D eigenvalue weighted by Crippen LogP contribution is -2.13. The number of nitrogens with zero attached hydrogens (tertiary/aromatic N) is 1. The fourth-order valence-electron chi connectivity index (χ4n) is 3.12. The molecule has 0 atom stereocenters. The van der Waals surface area contributed by atoms with Gasteiger partial charge in [0.25, 0.3) is 0 Å². The van der Waals surface area contributed by atoms with Crippen molar-refractivity contribution in [3.63, 3.8) is 0 Å². The Bertz CT molecular complexity index is 1080. The van der Waals surface area contributed by atoms with E-state index >= 15 is 0 Å². The van der Waals surface area contributed by atoms with Gasteiger partial charge < -0.3 is 18.8 Å². The van der Waals surface area contributed by atoms with E-state index in [1.807, 2.05) is 78.4 Å². The number of carbonyl (C=O) groups excluding carboxylic acids is 2. The number of esters is 1. The van der Waals surface area contributed by atoms with E-state index in [1.165, 1.54) is 7.11 Å². The number of methoxy groups -OCH3 is 2. The smallest absolute Gasteiger partial charge is 0.343 e. The van der Waals surface area contributed by atoms with Gasteiger partial charge in [-0.25, -0.2) is 4.79 Å². The largest absolute Gasteiger partial charge is 0.492 e. The fourth-order valence-corrected chi connectivity index (χ4v) is 3.12. The third kappa shape index (κ3) is 5.42. The molecule has 0 amide bonds. The van der Waals surface area contributed by atoms with Crippen LogP contribution < -0.4 is 9.47 Å². The molecule has 0 fully saturated rings. The summed E-state index contributed by atoms with van der Waals surface area (Å²) in [5, 5.41) is 0. The van der Waals surface area contributed by atoms with E-state index in [4.69, 9.17) is 9.47 Å². The van der Waals surface area contributed by atoms with Gasteiger partial charge in [-0.3, -0.25) is 4.79 Å². The van der Waals surface area contributed by atoms with Crippen molar-refractivity contribution in [1.29, 1.82) is 0 Å². The van der Waals surface area contributed by atoms with Gasteiger partial charge in [-0.05, 0) is 25.1 Å². The Labute approximate surface area is 181 Å². The van der Waals surface area contributed by atoms with Crippen LogP contribution in [0.4, 0.5) is 0 Å². The summed E-state index contributed by atoms with van der Waals surface area (Å²) in [5.41, 5.74) is 3.19. The van der Waals surface area contributed by atoms with Crippen molar-refractivity contribution in [1.82, 2.24) is 4.57 Å². The highest BCUT2D eigenvalue weighted by atomic mass is 16.6. The molecule has 0 bridgehead atoms. The van der Waals surface area contributed by atoms with Crippen LogP contribution in [0.5, 0.6) is 11.5 Å². The summed E-state index contributed by atoms with van der Waals surface area (Å²) < 4.78 is 17.5. The molecular weight excluding hydrogens is 394 g/mol. The number of benzene rings is 2. The number of para-hydroxylation sites is 1. The Morgan fingerprint density at radius 3 is 2.48 bits per heavy atom. The summed E-state index contributed by atoms with van der Waals surface area (Å²) in [6.45, 7) is 2.30. The van der Waals surface area contributed by atoms with Crippen molar-refractivity contribution in [3.05, 3.63) is 89.3 Å². The number of aryl methyl sites for hydroxylation is 1. The van der Waals surface area contributed by atoms with E-state index in [0.717, 1.165) is 11.1 Å². The van der Waals surface area contributed by atoms with Crippen LogP contribution in [0.25, 0.3) is 6.08 Å². The second kappa shape index (κ2) is 10.3. The lowest BCUT2D eigenvalue weighted by molar-refractivity contribution is -0.142. The highest BCUT2D eigenvalue weighted by molar-refractivity contribution is 6.08. The van der Waals surface area contributed by atoms with Crippen LogP contribution in [-0.4, -0.2) is 37.1 Å². The zero-order valence-electron chi connectivity index (χ0n) is 17.8. The monoisotopic (exact) mass is 419 g/mol. The number of hydrogen-bond donors (Lipinski definition) is 0. The first-order valence-corrected chi connectivity index (χ1v) is 9.83. The lowest BCUT2D eigenvalue weighted by atomic mass is 10.1. The zero-order valence-corrected chi connectivity index (χ0v) is 17.8. The fraction of sp³-hybridized carbons (Fsp3) is 0.200. The van der Waals surface area contributed by atoms with Crippen LogP contribution in [-0.2, 0) is 16.1 Å². The number of hydrogen-bond acceptors (Lipinski definition) is 5. The normalized spacial score (nSPS) is 10.8. The Balaban J connectivity index is 1.74. The standard InChI is InChI=1S/C25H25NO5/c1-18-11-13-19(14-12-18)24(28)21-9-6-16-26(21)15-5-8-20-7-4-10-22(25(20)30-3)31-17-23(27)29-2/h4-14,16H,15,17H2,1-3H3/b8-5+. The first-order chi connectivity index (χ1) is 15.0. The molecule has 0 N–H and O–H groups in total. The average Bonchev–Trinajstić information content (AvgIpc) is 3.26. The van der Waals surface area contributed by atoms with Gasteiger partial charge in [-0.1, -0.05) is 54.1 Å². The minimum absolute atomic E-state index is 0.0193. The van der Waals surface area contributed by atoms with Crippen molar-refractivity contribution >= 4 is 17.8 Å². The first-order valence-electron chi connectivity index (χ1n) is 9.83. The number of carbonyl (C=O) groups is 2. The lowest BCUT2D eigenvalue weighted by Gasteiger charge is -2.12. The molecule has 160 valence electrons. The van der Waals surface area contributed by atoms with Gasteiger partial charge in [0.2, 0.25) is 5.78 Å². The topological polar surface area (TPSA) is 66.8 Å². The Morgan fingerprint density at radius 1 is 1.00 bits per heavy atom. The number of ether oxygens (including phenoxy) is 3. The summed E-state index contributed by atoms with van der Waals surface area (Å²) in [7, 11) is 2.85. The molecule has 0 saturated heterocycles. The molecule has 0 aliphatic heterocycles. The molecule has 6 heteroatoms. The van der Waals surface area contributed by atoms with E-state index in [0.29, 0.717) is 29.3 Å². The first kappa shape index (κ1) is 21.9. The second-order valence-corrected chi connectivity index (χ2v) is 6.89. The van der Waals surface area contributed by atoms with E-state index < -0.39 is 5.97 Å². The predicted octanol–water partition coefficient (Wildman–Crippen LogP) is 4.30. The third-order valence-corrected chi connectivity index (χ3v) is 4.76. The predicted molar refractivity (Wildman–Crippen MR) is 119 cm³/mol. The van der Waals surface area contributed by atoms with Crippen LogP contribution in [0, 0.1) is 6.92 Å². The summed E-state index contributed by atoms with van der Waals surface area (Å²) >= 11 is 0. The van der Waals surface area contributed by atoms with Gasteiger partial charge >= 0.3 is 5.97 Å². The summed E-state index contributed by atoms with van der Waals surface area (Å²) in [5.74, 6) is 0.480. The summed E-state index contributed by atoms with van der Waals surface area (Å²) in [4.78, 5) is 24.2. The third-order valence-electron chi connectivity index (χ3n) is 4.76. The SMILES string of the molecule is COC(=O)COc1cccc(/C=C/Cn2cccc2C(=O)c2ccc(C)cc2)c1OC. The van der Waals surface area contributed by atoms with E-state index in [2.05, 4.69) is 4.74 Å². The van der Waals surface area contributed by atoms with Gasteiger partial charge in [0, 0.05) is 23.9 Å². The van der Waals surface area contributed by atoms with Crippen LogP contribution in [0.2, 0.25) is 0 Å². The van der Waals surface area contributed by atoms with Gasteiger partial charge in [0.05, 0.1) is 19.9 Å². The molecule has 0 radical (unpaired) electrons. The van der Waals surface area contributed by atoms with Crippen LogP contribution in [0.15, 0.2) is 66.9 Å². The Kier molecular flexibility index (Phi) is 7.27. The van der Waals surface area contributed by atoms with Crippen molar-refractivity contribution in [2.75, 3.05) is 20.8 Å². The molecule has 6 nitrogen and oxygen atoms in total. The highest BCUT2D eigenvalue weighted by Crippen LogP contribution is 2.32. The number of allylic oxidation sites excluding steroid dienone is 1. The second-order valence-electron chi connectivity index (χ2n) is 6.89. The molecule has 0 saturated carbocycles. The maximum absolute atomic E-state index is 12.9. The Morgan fingerprint density at radius 2 is 1.77 bits per heavy atom. The van der Waals surface area contributed by atoms with E-state index in [-0.39, 0.29) is 12.4 Å². The van der Waals surface area contributed by atoms with Crippen molar-refractivity contribution < 1.29 is 23.8 Å². The molecule has 0 aliphatic rings. The minimum atomic E-state index is -0.471. The molecule has 0 spiro atoms. The van der Waals surface area contributed by atoms with Crippen LogP contribution in [0.1, 0.15) is 27.2 Å². The zero-order chi connectivity index (χ0) is 22.2.